The highest BCUT2D eigenvalue weighted by atomic mass is 79.9. The molecule has 0 amide bonds. The SMILES string of the molecule is CCC(CBr)CN(C)c1cccc(OC)c1. The summed E-state index contributed by atoms with van der Waals surface area (Å²) in [4.78, 5) is 2.28. The summed E-state index contributed by atoms with van der Waals surface area (Å²) >= 11 is 3.55. The van der Waals surface area contributed by atoms with Gasteiger partial charge in [0.2, 0.25) is 0 Å². The molecule has 0 bridgehead atoms. The van der Waals surface area contributed by atoms with E-state index in [0.717, 1.165) is 17.6 Å². The molecule has 1 aromatic rings. The molecule has 1 rings (SSSR count). The monoisotopic (exact) mass is 285 g/mol. The van der Waals surface area contributed by atoms with E-state index in [2.05, 4.69) is 46.9 Å². The molecule has 0 aromatic heterocycles. The van der Waals surface area contributed by atoms with Gasteiger partial charge in [0.15, 0.2) is 0 Å². The second-order valence-corrected chi connectivity index (χ2v) is 4.66. The van der Waals surface area contributed by atoms with E-state index in [4.69, 9.17) is 4.74 Å². The Labute approximate surface area is 107 Å². The van der Waals surface area contributed by atoms with E-state index in [1.807, 2.05) is 12.1 Å². The third-order valence-corrected chi connectivity index (χ3v) is 3.74. The van der Waals surface area contributed by atoms with E-state index in [0.29, 0.717) is 5.92 Å². The Morgan fingerprint density at radius 2 is 2.19 bits per heavy atom. The highest BCUT2D eigenvalue weighted by Gasteiger charge is 2.09. The number of hydrogen-bond acceptors (Lipinski definition) is 2. The number of alkyl halides is 1. The van der Waals surface area contributed by atoms with E-state index in [9.17, 15) is 0 Å². The van der Waals surface area contributed by atoms with Crippen molar-refractivity contribution in [2.24, 2.45) is 5.92 Å². The van der Waals surface area contributed by atoms with E-state index in [1.165, 1.54) is 12.1 Å². The van der Waals surface area contributed by atoms with Gasteiger partial charge < -0.3 is 9.64 Å². The van der Waals surface area contributed by atoms with Crippen molar-refractivity contribution in [3.8, 4) is 5.75 Å². The second kappa shape index (κ2) is 6.79. The molecule has 0 fully saturated rings. The van der Waals surface area contributed by atoms with Gasteiger partial charge in [0, 0.05) is 30.7 Å². The summed E-state index contributed by atoms with van der Waals surface area (Å²) in [6, 6.07) is 8.18. The normalized spacial score (nSPS) is 12.2. The van der Waals surface area contributed by atoms with Crippen molar-refractivity contribution in [3.63, 3.8) is 0 Å². The Balaban J connectivity index is 2.67. The van der Waals surface area contributed by atoms with Crippen LogP contribution in [0, 0.1) is 5.92 Å². The Hall–Kier alpha value is -0.700. The van der Waals surface area contributed by atoms with Gasteiger partial charge in [-0.2, -0.15) is 0 Å². The van der Waals surface area contributed by atoms with Gasteiger partial charge in [0.25, 0.3) is 0 Å². The molecule has 0 N–H and O–H groups in total. The molecule has 0 aliphatic carbocycles. The van der Waals surface area contributed by atoms with Gasteiger partial charge >= 0.3 is 0 Å². The quantitative estimate of drug-likeness (QED) is 0.741. The lowest BCUT2D eigenvalue weighted by molar-refractivity contribution is 0.414. The zero-order valence-corrected chi connectivity index (χ0v) is 11.8. The van der Waals surface area contributed by atoms with Gasteiger partial charge in [0.1, 0.15) is 5.75 Å². The summed E-state index contributed by atoms with van der Waals surface area (Å²) in [6.45, 7) is 3.29. The second-order valence-electron chi connectivity index (χ2n) is 4.01. The number of hydrogen-bond donors (Lipinski definition) is 0. The Morgan fingerprint density at radius 3 is 2.75 bits per heavy atom. The summed E-state index contributed by atoms with van der Waals surface area (Å²) in [5.41, 5.74) is 1.21. The molecule has 0 aliphatic heterocycles. The average molecular weight is 286 g/mol. The first-order chi connectivity index (χ1) is 7.71. The molecule has 3 heteroatoms. The summed E-state index contributed by atoms with van der Waals surface area (Å²) in [6.07, 6.45) is 1.19. The number of methoxy groups -OCH3 is 1. The van der Waals surface area contributed by atoms with E-state index < -0.39 is 0 Å². The van der Waals surface area contributed by atoms with Crippen LogP contribution in [0.25, 0.3) is 0 Å². The van der Waals surface area contributed by atoms with E-state index in [-0.39, 0.29) is 0 Å². The number of ether oxygens (including phenoxy) is 1. The van der Waals surface area contributed by atoms with Crippen LogP contribution >= 0.6 is 15.9 Å². The Bertz CT molecular complexity index is 313. The Morgan fingerprint density at radius 1 is 1.44 bits per heavy atom. The summed E-state index contributed by atoms with van der Waals surface area (Å²) in [5, 5.41) is 1.05. The van der Waals surface area contributed by atoms with Crippen LogP contribution < -0.4 is 9.64 Å². The summed E-state index contributed by atoms with van der Waals surface area (Å²) in [5.74, 6) is 1.60. The molecule has 0 saturated carbocycles. The van der Waals surface area contributed by atoms with Crippen LogP contribution in [0.4, 0.5) is 5.69 Å². The van der Waals surface area contributed by atoms with Crippen LogP contribution in [-0.4, -0.2) is 26.0 Å². The van der Waals surface area contributed by atoms with Crippen LogP contribution in [-0.2, 0) is 0 Å². The van der Waals surface area contributed by atoms with Crippen molar-refractivity contribution in [2.45, 2.75) is 13.3 Å². The topological polar surface area (TPSA) is 12.5 Å². The van der Waals surface area contributed by atoms with Crippen molar-refractivity contribution in [2.75, 3.05) is 30.9 Å². The third kappa shape index (κ3) is 3.71. The molecule has 16 heavy (non-hydrogen) atoms. The minimum absolute atomic E-state index is 0.691. The predicted molar refractivity (Wildman–Crippen MR) is 73.8 cm³/mol. The largest absolute Gasteiger partial charge is 0.497 e. The van der Waals surface area contributed by atoms with Gasteiger partial charge in [-0.3, -0.25) is 0 Å². The Kier molecular flexibility index (Phi) is 5.67. The highest BCUT2D eigenvalue weighted by molar-refractivity contribution is 9.09. The lowest BCUT2D eigenvalue weighted by atomic mass is 10.1. The molecule has 0 radical (unpaired) electrons. The maximum Gasteiger partial charge on any atom is 0.120 e. The first-order valence-corrected chi connectivity index (χ1v) is 6.74. The van der Waals surface area contributed by atoms with Gasteiger partial charge in [-0.1, -0.05) is 35.3 Å². The maximum atomic E-state index is 5.23. The van der Waals surface area contributed by atoms with Gasteiger partial charge in [0.05, 0.1) is 7.11 Å². The van der Waals surface area contributed by atoms with Crippen molar-refractivity contribution in [1.29, 1.82) is 0 Å². The lowest BCUT2D eigenvalue weighted by Gasteiger charge is -2.24. The number of halogens is 1. The fourth-order valence-corrected chi connectivity index (χ4v) is 2.29. The molecule has 0 aliphatic rings. The number of nitrogens with zero attached hydrogens (tertiary/aromatic N) is 1. The maximum absolute atomic E-state index is 5.23. The highest BCUT2D eigenvalue weighted by Crippen LogP contribution is 2.21. The average Bonchev–Trinajstić information content (AvgIpc) is 2.35. The number of benzene rings is 1. The van der Waals surface area contributed by atoms with Crippen LogP contribution in [0.5, 0.6) is 5.75 Å². The molecule has 2 nitrogen and oxygen atoms in total. The van der Waals surface area contributed by atoms with Crippen LogP contribution in [0.1, 0.15) is 13.3 Å². The molecule has 1 atom stereocenters. The van der Waals surface area contributed by atoms with Gasteiger partial charge in [-0.15, -0.1) is 0 Å². The van der Waals surface area contributed by atoms with Crippen LogP contribution in [0.3, 0.4) is 0 Å². The standard InChI is InChI=1S/C13H20BrNO/c1-4-11(9-14)10-15(2)12-6-5-7-13(8-12)16-3/h5-8,11H,4,9-10H2,1-3H3. The molecule has 0 spiro atoms. The molecule has 1 aromatic carbocycles. The van der Waals surface area contributed by atoms with Gasteiger partial charge in [-0.05, 0) is 18.1 Å². The molecular weight excluding hydrogens is 266 g/mol. The molecule has 0 saturated heterocycles. The van der Waals surface area contributed by atoms with Gasteiger partial charge in [-0.25, -0.2) is 0 Å². The van der Waals surface area contributed by atoms with E-state index in [1.54, 1.807) is 7.11 Å². The lowest BCUT2D eigenvalue weighted by Crippen LogP contribution is -2.25. The number of rotatable bonds is 6. The predicted octanol–water partition coefficient (Wildman–Crippen LogP) is 3.55. The smallest absolute Gasteiger partial charge is 0.120 e. The van der Waals surface area contributed by atoms with Crippen LogP contribution in [0.15, 0.2) is 24.3 Å². The van der Waals surface area contributed by atoms with Crippen molar-refractivity contribution in [3.05, 3.63) is 24.3 Å². The minimum atomic E-state index is 0.691. The van der Waals surface area contributed by atoms with Crippen molar-refractivity contribution >= 4 is 21.6 Å². The molecular formula is C13H20BrNO. The fourth-order valence-electron chi connectivity index (χ4n) is 1.63. The molecule has 0 heterocycles. The fraction of sp³-hybridized carbons (Fsp3) is 0.538. The molecule has 90 valence electrons. The summed E-state index contributed by atoms with van der Waals surface area (Å²) in [7, 11) is 3.83. The van der Waals surface area contributed by atoms with E-state index >= 15 is 0 Å². The summed E-state index contributed by atoms with van der Waals surface area (Å²) < 4.78 is 5.23. The first-order valence-electron chi connectivity index (χ1n) is 5.62. The first kappa shape index (κ1) is 13.4. The zero-order chi connectivity index (χ0) is 12.0. The molecule has 1 unspecified atom stereocenters. The van der Waals surface area contributed by atoms with Crippen LogP contribution in [0.2, 0.25) is 0 Å². The third-order valence-electron chi connectivity index (χ3n) is 2.82. The van der Waals surface area contributed by atoms with Crippen molar-refractivity contribution in [1.82, 2.24) is 0 Å². The van der Waals surface area contributed by atoms with Crippen molar-refractivity contribution < 1.29 is 4.74 Å². The zero-order valence-electron chi connectivity index (χ0n) is 10.2. The minimum Gasteiger partial charge on any atom is -0.497 e. The number of anilines is 1.